The van der Waals surface area contributed by atoms with Crippen LogP contribution in [0.2, 0.25) is 0 Å². The molecule has 0 aromatic carbocycles. The molecule has 2 heteroatoms. The highest BCUT2D eigenvalue weighted by Crippen LogP contribution is 2.29. The Hall–Kier alpha value is -0.0800. The van der Waals surface area contributed by atoms with Crippen molar-refractivity contribution in [3.8, 4) is 0 Å². The molecular formula is C15H33NO. The molecule has 0 amide bonds. The number of nitrogens with one attached hydrogen (secondary N) is 1. The van der Waals surface area contributed by atoms with Crippen LogP contribution in [0.25, 0.3) is 0 Å². The number of hydrogen-bond donors (Lipinski definition) is 1. The third-order valence-corrected chi connectivity index (χ3v) is 4.21. The molecule has 0 bridgehead atoms. The summed E-state index contributed by atoms with van der Waals surface area (Å²) in [5.74, 6) is 0.761. The van der Waals surface area contributed by atoms with E-state index in [0.717, 1.165) is 25.3 Å². The molecule has 0 aliphatic rings. The quantitative estimate of drug-likeness (QED) is 0.626. The van der Waals surface area contributed by atoms with Crippen molar-refractivity contribution < 1.29 is 4.74 Å². The second kappa shape index (κ2) is 8.93. The van der Waals surface area contributed by atoms with E-state index in [1.807, 2.05) is 7.11 Å². The van der Waals surface area contributed by atoms with Crippen molar-refractivity contribution in [3.63, 3.8) is 0 Å². The summed E-state index contributed by atoms with van der Waals surface area (Å²) in [5, 5.41) is 3.70. The number of hydrogen-bond acceptors (Lipinski definition) is 2. The second-order valence-electron chi connectivity index (χ2n) is 5.23. The van der Waals surface area contributed by atoms with E-state index >= 15 is 0 Å². The van der Waals surface area contributed by atoms with Gasteiger partial charge in [-0.05, 0) is 38.1 Å². The first-order valence-corrected chi connectivity index (χ1v) is 7.38. The lowest BCUT2D eigenvalue weighted by Crippen LogP contribution is -2.52. The zero-order valence-electron chi connectivity index (χ0n) is 12.8. The monoisotopic (exact) mass is 243 g/mol. The summed E-state index contributed by atoms with van der Waals surface area (Å²) in [4.78, 5) is 0. The lowest BCUT2D eigenvalue weighted by molar-refractivity contribution is -0.0526. The fourth-order valence-corrected chi connectivity index (χ4v) is 2.55. The van der Waals surface area contributed by atoms with E-state index in [4.69, 9.17) is 4.74 Å². The minimum Gasteiger partial charge on any atom is -0.377 e. The lowest BCUT2D eigenvalue weighted by atomic mass is 9.82. The van der Waals surface area contributed by atoms with Gasteiger partial charge in [-0.1, -0.05) is 41.0 Å². The van der Waals surface area contributed by atoms with Gasteiger partial charge in [0, 0.05) is 13.2 Å². The zero-order valence-corrected chi connectivity index (χ0v) is 12.8. The Bertz CT molecular complexity index is 169. The van der Waals surface area contributed by atoms with Gasteiger partial charge >= 0.3 is 0 Å². The molecule has 17 heavy (non-hydrogen) atoms. The van der Waals surface area contributed by atoms with Gasteiger partial charge in [0.25, 0.3) is 0 Å². The van der Waals surface area contributed by atoms with Crippen molar-refractivity contribution in [3.05, 3.63) is 0 Å². The van der Waals surface area contributed by atoms with Crippen molar-refractivity contribution in [2.24, 2.45) is 5.92 Å². The molecule has 2 unspecified atom stereocenters. The molecule has 0 spiro atoms. The maximum Gasteiger partial charge on any atom is 0.0825 e. The average Bonchev–Trinajstić information content (AvgIpc) is 2.37. The van der Waals surface area contributed by atoms with Gasteiger partial charge in [-0.25, -0.2) is 0 Å². The van der Waals surface area contributed by atoms with Crippen molar-refractivity contribution in [2.75, 3.05) is 13.7 Å². The van der Waals surface area contributed by atoms with Crippen LogP contribution in [0, 0.1) is 5.92 Å². The Morgan fingerprint density at radius 1 is 1.12 bits per heavy atom. The van der Waals surface area contributed by atoms with Gasteiger partial charge in [-0.3, -0.25) is 0 Å². The number of ether oxygens (including phenoxy) is 1. The maximum atomic E-state index is 5.88. The van der Waals surface area contributed by atoms with Crippen LogP contribution in [-0.4, -0.2) is 25.3 Å². The molecule has 2 atom stereocenters. The third kappa shape index (κ3) is 4.97. The smallest absolute Gasteiger partial charge is 0.0825 e. The van der Waals surface area contributed by atoms with Crippen molar-refractivity contribution in [1.82, 2.24) is 5.32 Å². The summed E-state index contributed by atoms with van der Waals surface area (Å²) in [7, 11) is 1.87. The molecule has 1 N–H and O–H groups in total. The predicted molar refractivity (Wildman–Crippen MR) is 76.5 cm³/mol. The van der Waals surface area contributed by atoms with Crippen LogP contribution >= 0.6 is 0 Å². The molecule has 0 aliphatic heterocycles. The topological polar surface area (TPSA) is 21.3 Å². The Morgan fingerprint density at radius 3 is 2.06 bits per heavy atom. The van der Waals surface area contributed by atoms with Crippen molar-refractivity contribution in [1.29, 1.82) is 0 Å². The molecule has 0 radical (unpaired) electrons. The molecule has 0 saturated heterocycles. The normalized spacial score (nSPS) is 15.9. The highest BCUT2D eigenvalue weighted by molar-refractivity contribution is 4.92. The van der Waals surface area contributed by atoms with Gasteiger partial charge in [-0.2, -0.15) is 0 Å². The fourth-order valence-electron chi connectivity index (χ4n) is 2.55. The summed E-state index contributed by atoms with van der Waals surface area (Å²) in [6, 6.07) is 0.484. The van der Waals surface area contributed by atoms with Gasteiger partial charge in [-0.15, -0.1) is 0 Å². The minimum absolute atomic E-state index is 0.0125. The van der Waals surface area contributed by atoms with E-state index in [0.29, 0.717) is 6.04 Å². The summed E-state index contributed by atoms with van der Waals surface area (Å²) >= 11 is 0. The first-order valence-electron chi connectivity index (χ1n) is 7.38. The van der Waals surface area contributed by atoms with Crippen LogP contribution in [0.3, 0.4) is 0 Å². The van der Waals surface area contributed by atoms with Crippen LogP contribution < -0.4 is 5.32 Å². The van der Waals surface area contributed by atoms with Gasteiger partial charge < -0.3 is 10.1 Å². The van der Waals surface area contributed by atoms with E-state index in [2.05, 4.69) is 39.9 Å². The average molecular weight is 243 g/mol. The summed E-state index contributed by atoms with van der Waals surface area (Å²) in [5.41, 5.74) is 0.0125. The van der Waals surface area contributed by atoms with Crippen LogP contribution in [0.15, 0.2) is 0 Å². The molecule has 0 rings (SSSR count). The molecule has 0 aromatic rings. The first-order chi connectivity index (χ1) is 8.10. The second-order valence-corrected chi connectivity index (χ2v) is 5.23. The Morgan fingerprint density at radius 2 is 1.71 bits per heavy atom. The molecule has 104 valence electrons. The minimum atomic E-state index is 0.0125. The Kier molecular flexibility index (Phi) is 8.89. The molecular weight excluding hydrogens is 210 g/mol. The third-order valence-electron chi connectivity index (χ3n) is 4.21. The first kappa shape index (κ1) is 16.9. The zero-order chi connectivity index (χ0) is 13.3. The van der Waals surface area contributed by atoms with Crippen LogP contribution in [0.1, 0.15) is 66.7 Å². The molecule has 0 fully saturated rings. The Labute approximate surface area is 109 Å². The largest absolute Gasteiger partial charge is 0.377 e. The van der Waals surface area contributed by atoms with Crippen LogP contribution in [0.5, 0.6) is 0 Å². The molecule has 0 aliphatic carbocycles. The van der Waals surface area contributed by atoms with Crippen LogP contribution in [-0.2, 0) is 4.74 Å². The highest BCUT2D eigenvalue weighted by Gasteiger charge is 2.35. The van der Waals surface area contributed by atoms with Gasteiger partial charge in [0.05, 0.1) is 5.60 Å². The van der Waals surface area contributed by atoms with Gasteiger partial charge in [0.1, 0.15) is 0 Å². The van der Waals surface area contributed by atoms with E-state index in [1.54, 1.807) is 0 Å². The van der Waals surface area contributed by atoms with Gasteiger partial charge in [0.15, 0.2) is 0 Å². The van der Waals surface area contributed by atoms with E-state index in [9.17, 15) is 0 Å². The highest BCUT2D eigenvalue weighted by atomic mass is 16.5. The number of rotatable bonds is 10. The fraction of sp³-hybridized carbons (Fsp3) is 1.00. The van der Waals surface area contributed by atoms with Crippen molar-refractivity contribution in [2.45, 2.75) is 78.4 Å². The maximum absolute atomic E-state index is 5.88. The molecule has 2 nitrogen and oxygen atoms in total. The standard InChI is InChI=1S/C15H33NO/c1-7-11-16-14(12-13(5)8-2)15(9-3,10-4)17-6/h13-14,16H,7-12H2,1-6H3. The van der Waals surface area contributed by atoms with Crippen molar-refractivity contribution >= 4 is 0 Å². The predicted octanol–water partition coefficient (Wildman–Crippen LogP) is 4.00. The number of methoxy groups -OCH3 is 1. The summed E-state index contributed by atoms with van der Waals surface area (Å²) in [6.45, 7) is 12.4. The SMILES string of the molecule is CCCNC(CC(C)CC)C(CC)(CC)OC. The lowest BCUT2D eigenvalue weighted by Gasteiger charge is -2.40. The summed E-state index contributed by atoms with van der Waals surface area (Å²) in [6.07, 6.45) is 5.81. The Balaban J connectivity index is 4.71. The van der Waals surface area contributed by atoms with E-state index < -0.39 is 0 Å². The van der Waals surface area contributed by atoms with E-state index in [-0.39, 0.29) is 5.60 Å². The van der Waals surface area contributed by atoms with Gasteiger partial charge in [0.2, 0.25) is 0 Å². The molecule has 0 saturated carbocycles. The molecule has 0 heterocycles. The van der Waals surface area contributed by atoms with E-state index in [1.165, 1.54) is 19.3 Å². The van der Waals surface area contributed by atoms with Crippen LogP contribution in [0.4, 0.5) is 0 Å². The molecule has 0 aromatic heterocycles. The summed E-state index contributed by atoms with van der Waals surface area (Å²) < 4.78 is 5.88.